The number of hydrogen-bond donors (Lipinski definition) is 0. The Morgan fingerprint density at radius 2 is 2.00 bits per heavy atom. The van der Waals surface area contributed by atoms with Crippen molar-refractivity contribution in [2.75, 3.05) is 13.2 Å². The van der Waals surface area contributed by atoms with Gasteiger partial charge in [0.15, 0.2) is 12.1 Å². The Kier molecular flexibility index (Phi) is 3.79. The van der Waals surface area contributed by atoms with E-state index in [1.54, 1.807) is 0 Å². The van der Waals surface area contributed by atoms with Gasteiger partial charge in [-0.15, -0.1) is 6.42 Å². The van der Waals surface area contributed by atoms with E-state index in [1.807, 2.05) is 13.8 Å². The van der Waals surface area contributed by atoms with Gasteiger partial charge in [-0.25, -0.2) is 0 Å². The Morgan fingerprint density at radius 3 is 2.62 bits per heavy atom. The number of ether oxygens (including phenoxy) is 5. The number of terminal acetylenes is 1. The summed E-state index contributed by atoms with van der Waals surface area (Å²) >= 11 is 0. The highest BCUT2D eigenvalue weighted by molar-refractivity contribution is 5.01. The number of fused-ring (bicyclic) bond motifs is 1. The fourth-order valence-electron chi connectivity index (χ4n) is 3.53. The summed E-state index contributed by atoms with van der Waals surface area (Å²) in [6, 6.07) is 0. The van der Waals surface area contributed by atoms with Gasteiger partial charge in [0.25, 0.3) is 0 Å². The van der Waals surface area contributed by atoms with Crippen molar-refractivity contribution in [1.29, 1.82) is 0 Å². The minimum absolute atomic E-state index is 0.115. The molecule has 3 aliphatic rings. The van der Waals surface area contributed by atoms with Gasteiger partial charge in [0.05, 0.1) is 18.3 Å². The zero-order chi connectivity index (χ0) is 15.3. The molecule has 0 aromatic heterocycles. The first-order valence-corrected chi connectivity index (χ1v) is 7.51. The van der Waals surface area contributed by atoms with Crippen molar-refractivity contribution in [3.8, 4) is 12.3 Å². The van der Waals surface area contributed by atoms with E-state index in [0.29, 0.717) is 6.61 Å². The zero-order valence-electron chi connectivity index (χ0n) is 13.1. The van der Waals surface area contributed by atoms with Crippen molar-refractivity contribution in [2.24, 2.45) is 5.92 Å². The molecule has 3 aliphatic heterocycles. The van der Waals surface area contributed by atoms with Crippen LogP contribution in [0, 0.1) is 18.3 Å². The predicted octanol–water partition coefficient (Wildman–Crippen LogP) is 1.70. The molecule has 0 saturated carbocycles. The second-order valence-corrected chi connectivity index (χ2v) is 7.06. The first-order chi connectivity index (χ1) is 9.81. The molecule has 21 heavy (non-hydrogen) atoms. The van der Waals surface area contributed by atoms with Gasteiger partial charge < -0.3 is 23.7 Å². The minimum atomic E-state index is -0.581. The monoisotopic (exact) mass is 296 g/mol. The predicted molar refractivity (Wildman–Crippen MR) is 75.4 cm³/mol. The van der Waals surface area contributed by atoms with Gasteiger partial charge >= 0.3 is 0 Å². The molecule has 3 saturated heterocycles. The van der Waals surface area contributed by atoms with Crippen LogP contribution >= 0.6 is 0 Å². The quantitative estimate of drug-likeness (QED) is 0.742. The summed E-state index contributed by atoms with van der Waals surface area (Å²) in [5.41, 5.74) is -0.190. The second-order valence-electron chi connectivity index (χ2n) is 7.06. The largest absolute Gasteiger partial charge is 0.362 e. The van der Waals surface area contributed by atoms with Crippen LogP contribution in [-0.2, 0) is 23.7 Å². The van der Waals surface area contributed by atoms with E-state index < -0.39 is 5.79 Å². The molecule has 5 heteroatoms. The Labute approximate surface area is 126 Å². The van der Waals surface area contributed by atoms with Crippen molar-refractivity contribution in [3.63, 3.8) is 0 Å². The average molecular weight is 296 g/mol. The summed E-state index contributed by atoms with van der Waals surface area (Å²) in [5, 5.41) is 0. The van der Waals surface area contributed by atoms with Crippen LogP contribution in [-0.4, -0.2) is 49.2 Å². The van der Waals surface area contributed by atoms with E-state index in [2.05, 4.69) is 19.8 Å². The van der Waals surface area contributed by atoms with Crippen LogP contribution in [0.5, 0.6) is 0 Å². The lowest BCUT2D eigenvalue weighted by Gasteiger charge is -2.28. The third-order valence-corrected chi connectivity index (χ3v) is 4.31. The Bertz CT molecular complexity index is 438. The van der Waals surface area contributed by atoms with Crippen LogP contribution in [0.25, 0.3) is 0 Å². The van der Waals surface area contributed by atoms with E-state index in [4.69, 9.17) is 30.1 Å². The lowest BCUT2D eigenvalue weighted by molar-refractivity contribution is -0.201. The van der Waals surface area contributed by atoms with Crippen LogP contribution in [0.1, 0.15) is 34.1 Å². The van der Waals surface area contributed by atoms with Crippen molar-refractivity contribution in [1.82, 2.24) is 0 Å². The molecule has 3 rings (SSSR count). The first kappa shape index (κ1) is 15.3. The molecule has 0 aliphatic carbocycles. The molecule has 0 radical (unpaired) electrons. The maximum Gasteiger partial charge on any atom is 0.164 e. The summed E-state index contributed by atoms with van der Waals surface area (Å²) in [4.78, 5) is 0. The van der Waals surface area contributed by atoms with E-state index >= 15 is 0 Å². The molecule has 118 valence electrons. The third-order valence-electron chi connectivity index (χ3n) is 4.31. The normalized spacial score (nSPS) is 43.7. The van der Waals surface area contributed by atoms with Gasteiger partial charge in [-0.05, 0) is 34.1 Å². The van der Waals surface area contributed by atoms with Crippen molar-refractivity contribution < 1.29 is 23.7 Å². The standard InChI is InChI=1S/C16H24O5/c1-6-7-17-12-10-8-15(2,3)21-14(10)19-13(12)11-9-18-16(4,5)20-11/h1,10-14H,7-9H2,2-5H3/t10-,11?,12-,13-,14?/m1/s1. The summed E-state index contributed by atoms with van der Waals surface area (Å²) in [5.74, 6) is 2.14. The van der Waals surface area contributed by atoms with Crippen molar-refractivity contribution in [2.45, 2.75) is 70.1 Å². The Balaban J connectivity index is 1.74. The minimum Gasteiger partial charge on any atom is -0.362 e. The van der Waals surface area contributed by atoms with Crippen molar-refractivity contribution in [3.05, 3.63) is 0 Å². The smallest absolute Gasteiger partial charge is 0.164 e. The van der Waals surface area contributed by atoms with Crippen LogP contribution in [0.4, 0.5) is 0 Å². The van der Waals surface area contributed by atoms with E-state index in [0.717, 1.165) is 6.42 Å². The average Bonchev–Trinajstić information content (AvgIpc) is 2.96. The highest BCUT2D eigenvalue weighted by Crippen LogP contribution is 2.46. The van der Waals surface area contributed by atoms with Crippen LogP contribution in [0.2, 0.25) is 0 Å². The SMILES string of the molecule is C#CCO[C@H]1[C@@H](C2COC(C)(C)O2)OC2OC(C)(C)C[C@@H]21. The summed E-state index contributed by atoms with van der Waals surface area (Å²) in [6.07, 6.45) is 5.50. The maximum atomic E-state index is 6.09. The zero-order valence-corrected chi connectivity index (χ0v) is 13.1. The Hall–Kier alpha value is -0.640. The van der Waals surface area contributed by atoms with Gasteiger partial charge in [0, 0.05) is 5.92 Å². The molecule has 3 heterocycles. The van der Waals surface area contributed by atoms with Gasteiger partial charge in [-0.3, -0.25) is 0 Å². The molecule has 0 spiro atoms. The van der Waals surface area contributed by atoms with Crippen LogP contribution < -0.4 is 0 Å². The molecule has 3 fully saturated rings. The van der Waals surface area contributed by atoms with Gasteiger partial charge in [0.2, 0.25) is 0 Å². The van der Waals surface area contributed by atoms with E-state index in [-0.39, 0.29) is 42.7 Å². The fraction of sp³-hybridized carbons (Fsp3) is 0.875. The molecular weight excluding hydrogens is 272 g/mol. The molecule has 0 bridgehead atoms. The van der Waals surface area contributed by atoms with Crippen LogP contribution in [0.15, 0.2) is 0 Å². The molecule has 0 aromatic rings. The lowest BCUT2D eigenvalue weighted by atomic mass is 9.90. The summed E-state index contributed by atoms with van der Waals surface area (Å²) in [7, 11) is 0. The lowest BCUT2D eigenvalue weighted by Crippen LogP contribution is -2.42. The maximum absolute atomic E-state index is 6.09. The molecule has 5 nitrogen and oxygen atoms in total. The topological polar surface area (TPSA) is 46.2 Å². The molecule has 0 amide bonds. The van der Waals surface area contributed by atoms with Gasteiger partial charge in [0.1, 0.15) is 18.8 Å². The molecule has 2 unspecified atom stereocenters. The highest BCUT2D eigenvalue weighted by atomic mass is 16.8. The number of hydrogen-bond acceptors (Lipinski definition) is 5. The Morgan fingerprint density at radius 1 is 1.24 bits per heavy atom. The van der Waals surface area contributed by atoms with E-state index in [9.17, 15) is 0 Å². The van der Waals surface area contributed by atoms with Gasteiger partial charge in [-0.1, -0.05) is 5.92 Å². The second kappa shape index (κ2) is 5.22. The fourth-order valence-corrected chi connectivity index (χ4v) is 3.53. The van der Waals surface area contributed by atoms with E-state index in [1.165, 1.54) is 0 Å². The molecule has 0 aromatic carbocycles. The van der Waals surface area contributed by atoms with Crippen molar-refractivity contribution >= 4 is 0 Å². The molecule has 5 atom stereocenters. The van der Waals surface area contributed by atoms with Gasteiger partial charge in [-0.2, -0.15) is 0 Å². The summed E-state index contributed by atoms with van der Waals surface area (Å²) < 4.78 is 29.5. The molecular formula is C16H24O5. The van der Waals surface area contributed by atoms with Crippen LogP contribution in [0.3, 0.4) is 0 Å². The third kappa shape index (κ3) is 2.96. The highest BCUT2D eigenvalue weighted by Gasteiger charge is 2.57. The number of rotatable bonds is 3. The first-order valence-electron chi connectivity index (χ1n) is 7.51. The summed E-state index contributed by atoms with van der Waals surface area (Å²) in [6.45, 7) is 8.71. The molecule has 0 N–H and O–H groups in total.